The molecule has 1 aliphatic carbocycles. The summed E-state index contributed by atoms with van der Waals surface area (Å²) in [6.07, 6.45) is 3.78. The van der Waals surface area contributed by atoms with Crippen LogP contribution in [0.1, 0.15) is 53.9 Å². The Hall–Kier alpha value is -0.520. The summed E-state index contributed by atoms with van der Waals surface area (Å²) in [6, 6.07) is 0. The van der Waals surface area contributed by atoms with Gasteiger partial charge in [0.2, 0.25) is 0 Å². The highest BCUT2D eigenvalue weighted by atomic mass is 14.2. The number of hydrogen-bond donors (Lipinski definition) is 0. The van der Waals surface area contributed by atoms with Crippen LogP contribution in [-0.2, 0) is 0 Å². The smallest absolute Gasteiger partial charge is 0.0194 e. The van der Waals surface area contributed by atoms with E-state index in [1.807, 2.05) is 27.7 Å². The van der Waals surface area contributed by atoms with Gasteiger partial charge in [-0.2, -0.15) is 0 Å². The first-order chi connectivity index (χ1) is 6.22. The summed E-state index contributed by atoms with van der Waals surface area (Å²) in [7, 11) is 0. The Labute approximate surface area is 84.7 Å². The van der Waals surface area contributed by atoms with E-state index in [2.05, 4.69) is 20.1 Å². The van der Waals surface area contributed by atoms with E-state index >= 15 is 0 Å². The maximum absolute atomic E-state index is 3.98. The Morgan fingerprint density at radius 3 is 1.85 bits per heavy atom. The fraction of sp³-hybridized carbons (Fsp3) is 0.692. The fourth-order valence-corrected chi connectivity index (χ4v) is 1.30. The van der Waals surface area contributed by atoms with Crippen molar-refractivity contribution in [1.82, 2.24) is 0 Å². The Kier molecular flexibility index (Phi) is 11.0. The van der Waals surface area contributed by atoms with Crippen molar-refractivity contribution in [3.63, 3.8) is 0 Å². The Morgan fingerprint density at radius 1 is 1.08 bits per heavy atom. The first-order valence-electron chi connectivity index (χ1n) is 5.58. The third-order valence-electron chi connectivity index (χ3n) is 2.16. The molecule has 13 heavy (non-hydrogen) atoms. The zero-order valence-corrected chi connectivity index (χ0v) is 10.1. The van der Waals surface area contributed by atoms with E-state index in [0.717, 1.165) is 0 Å². The van der Waals surface area contributed by atoms with Crippen molar-refractivity contribution in [2.75, 3.05) is 0 Å². The molecule has 0 aromatic rings. The van der Waals surface area contributed by atoms with Gasteiger partial charge in [0, 0.05) is 0 Å². The molecule has 1 rings (SSSR count). The molecule has 78 valence electrons. The summed E-state index contributed by atoms with van der Waals surface area (Å²) in [5, 5.41) is 0. The molecule has 1 aliphatic rings. The van der Waals surface area contributed by atoms with Gasteiger partial charge in [-0.3, -0.25) is 0 Å². The molecule has 0 aromatic carbocycles. The van der Waals surface area contributed by atoms with Gasteiger partial charge in [0.1, 0.15) is 0 Å². The van der Waals surface area contributed by atoms with Crippen molar-refractivity contribution in [3.8, 4) is 0 Å². The molecule has 0 radical (unpaired) electrons. The quantitative estimate of drug-likeness (QED) is 0.496. The minimum Gasteiger partial charge on any atom is -0.0956 e. The van der Waals surface area contributed by atoms with E-state index in [4.69, 9.17) is 0 Å². The lowest BCUT2D eigenvalue weighted by Crippen LogP contribution is -2.06. The lowest BCUT2D eigenvalue weighted by atomic mass is 9.84. The van der Waals surface area contributed by atoms with E-state index in [1.54, 1.807) is 0 Å². The highest BCUT2D eigenvalue weighted by Gasteiger charge is 2.14. The zero-order valence-electron chi connectivity index (χ0n) is 10.1. The predicted octanol–water partition coefficient (Wildman–Crippen LogP) is 4.97. The van der Waals surface area contributed by atoms with Crippen LogP contribution in [0.5, 0.6) is 0 Å². The van der Waals surface area contributed by atoms with Gasteiger partial charge in [0.15, 0.2) is 0 Å². The van der Waals surface area contributed by atoms with Crippen molar-refractivity contribution in [1.29, 1.82) is 0 Å². The zero-order chi connectivity index (χ0) is 10.9. The summed E-state index contributed by atoms with van der Waals surface area (Å²) in [4.78, 5) is 0. The van der Waals surface area contributed by atoms with Gasteiger partial charge in [-0.15, -0.1) is 0 Å². The normalized spacial score (nSPS) is 20.8. The van der Waals surface area contributed by atoms with Gasteiger partial charge in [-0.1, -0.05) is 53.3 Å². The van der Waals surface area contributed by atoms with Gasteiger partial charge in [-0.25, -0.2) is 0 Å². The van der Waals surface area contributed by atoms with Crippen LogP contribution in [0.15, 0.2) is 24.3 Å². The lowest BCUT2D eigenvalue weighted by Gasteiger charge is -2.22. The molecule has 0 saturated heterocycles. The Morgan fingerprint density at radius 2 is 1.54 bits per heavy atom. The molecule has 0 aliphatic heterocycles. The molecule has 0 aromatic heterocycles. The van der Waals surface area contributed by atoms with E-state index in [0.29, 0.717) is 5.92 Å². The molecule has 1 saturated carbocycles. The molecule has 0 nitrogen and oxygen atoms in total. The maximum atomic E-state index is 3.98. The molecule has 0 bridgehead atoms. The summed E-state index contributed by atoms with van der Waals surface area (Å²) in [5.74, 6) is 0.686. The fourth-order valence-electron chi connectivity index (χ4n) is 1.30. The van der Waals surface area contributed by atoms with Crippen molar-refractivity contribution in [2.45, 2.75) is 53.9 Å². The molecular weight excluding hydrogens is 156 g/mol. The van der Waals surface area contributed by atoms with Crippen LogP contribution >= 0.6 is 0 Å². The molecule has 1 unspecified atom stereocenters. The average molecular weight is 182 g/mol. The standard InChI is InChI=1S/C9H14.2C2H6/c1-7-5-4-6-8(2)9(7)3;2*1-2/h8H,1,3-6H2,2H3;2*1-2H3. The molecule has 1 fully saturated rings. The number of rotatable bonds is 0. The van der Waals surface area contributed by atoms with Gasteiger partial charge >= 0.3 is 0 Å². The Balaban J connectivity index is 0. The van der Waals surface area contributed by atoms with Crippen LogP contribution in [0.4, 0.5) is 0 Å². The van der Waals surface area contributed by atoms with E-state index < -0.39 is 0 Å². The van der Waals surface area contributed by atoms with E-state index in [1.165, 1.54) is 30.4 Å². The Bertz CT molecular complexity index is 142. The minimum atomic E-state index is 0.686. The highest BCUT2D eigenvalue weighted by Crippen LogP contribution is 2.30. The van der Waals surface area contributed by atoms with E-state index in [-0.39, 0.29) is 0 Å². The molecule has 0 spiro atoms. The van der Waals surface area contributed by atoms with Gasteiger partial charge in [0.05, 0.1) is 0 Å². The molecular formula is C13H26. The van der Waals surface area contributed by atoms with Gasteiger partial charge in [-0.05, 0) is 30.8 Å². The minimum absolute atomic E-state index is 0.686. The lowest BCUT2D eigenvalue weighted by molar-refractivity contribution is 0.542. The van der Waals surface area contributed by atoms with Crippen molar-refractivity contribution < 1.29 is 0 Å². The SMILES string of the molecule is C=C1CCCC(C)C1=C.CC.CC. The summed E-state index contributed by atoms with van der Waals surface area (Å²) < 4.78 is 0. The number of allylic oxidation sites excluding steroid dienone is 2. The molecule has 1 atom stereocenters. The summed E-state index contributed by atoms with van der Waals surface area (Å²) >= 11 is 0. The van der Waals surface area contributed by atoms with Crippen molar-refractivity contribution in [2.24, 2.45) is 5.92 Å². The second kappa shape index (κ2) is 9.57. The molecule has 0 amide bonds. The summed E-state index contributed by atoms with van der Waals surface area (Å²) in [5.41, 5.74) is 2.55. The van der Waals surface area contributed by atoms with Crippen LogP contribution in [0.3, 0.4) is 0 Å². The van der Waals surface area contributed by atoms with Crippen molar-refractivity contribution in [3.05, 3.63) is 24.3 Å². The molecule has 0 N–H and O–H groups in total. The second-order valence-corrected chi connectivity index (χ2v) is 2.92. The van der Waals surface area contributed by atoms with Crippen LogP contribution in [-0.4, -0.2) is 0 Å². The maximum Gasteiger partial charge on any atom is -0.0194 e. The molecule has 0 heteroatoms. The summed E-state index contributed by atoms with van der Waals surface area (Å²) in [6.45, 7) is 18.2. The van der Waals surface area contributed by atoms with E-state index in [9.17, 15) is 0 Å². The first kappa shape index (κ1) is 15.0. The molecule has 0 heterocycles. The topological polar surface area (TPSA) is 0 Å². The van der Waals surface area contributed by atoms with Crippen LogP contribution in [0.25, 0.3) is 0 Å². The second-order valence-electron chi connectivity index (χ2n) is 2.92. The van der Waals surface area contributed by atoms with Gasteiger partial charge < -0.3 is 0 Å². The predicted molar refractivity (Wildman–Crippen MR) is 64.0 cm³/mol. The third-order valence-corrected chi connectivity index (χ3v) is 2.16. The average Bonchev–Trinajstić information content (AvgIpc) is 2.20. The number of hydrogen-bond acceptors (Lipinski definition) is 0. The van der Waals surface area contributed by atoms with Crippen LogP contribution in [0, 0.1) is 5.92 Å². The largest absolute Gasteiger partial charge is 0.0956 e. The highest BCUT2D eigenvalue weighted by molar-refractivity contribution is 5.28. The third kappa shape index (κ3) is 5.68. The first-order valence-corrected chi connectivity index (χ1v) is 5.58. The van der Waals surface area contributed by atoms with Gasteiger partial charge in [0.25, 0.3) is 0 Å². The van der Waals surface area contributed by atoms with Crippen LogP contribution < -0.4 is 0 Å². The van der Waals surface area contributed by atoms with Crippen LogP contribution in [0.2, 0.25) is 0 Å². The van der Waals surface area contributed by atoms with Crippen molar-refractivity contribution >= 4 is 0 Å². The monoisotopic (exact) mass is 182 g/mol.